The van der Waals surface area contributed by atoms with Crippen LogP contribution in [0.25, 0.3) is 0 Å². The van der Waals surface area contributed by atoms with Crippen LogP contribution in [0.2, 0.25) is 0 Å². The van der Waals surface area contributed by atoms with Crippen molar-refractivity contribution in [1.82, 2.24) is 0 Å². The fraction of sp³-hybridized carbons (Fsp3) is 1.00. The van der Waals surface area contributed by atoms with E-state index in [1.54, 1.807) is 0 Å². The van der Waals surface area contributed by atoms with E-state index in [-0.39, 0.29) is 0 Å². The Morgan fingerprint density at radius 2 is 1.22 bits per heavy atom. The second kappa shape index (κ2) is 12.0. The van der Waals surface area contributed by atoms with Gasteiger partial charge in [0.15, 0.2) is 0 Å². The van der Waals surface area contributed by atoms with Gasteiger partial charge in [-0.2, -0.15) is 0 Å². The van der Waals surface area contributed by atoms with E-state index in [1.165, 1.54) is 12.8 Å². The molecule has 0 saturated heterocycles. The van der Waals surface area contributed by atoms with Gasteiger partial charge in [-0.1, -0.05) is 41.5 Å². The molecular formula is C16H36O2. The van der Waals surface area contributed by atoms with E-state index in [0.717, 1.165) is 37.9 Å². The van der Waals surface area contributed by atoms with E-state index in [0.29, 0.717) is 0 Å². The summed E-state index contributed by atoms with van der Waals surface area (Å²) in [5.74, 6) is 1.54. The van der Waals surface area contributed by atoms with E-state index < -0.39 is 5.60 Å². The van der Waals surface area contributed by atoms with Crippen molar-refractivity contribution in [1.29, 1.82) is 0 Å². The van der Waals surface area contributed by atoms with Gasteiger partial charge in [0.05, 0.1) is 5.60 Å². The number of hydrogen-bond acceptors (Lipinski definition) is 2. The lowest BCUT2D eigenvalue weighted by atomic mass is 10.0. The first-order valence-electron chi connectivity index (χ1n) is 7.55. The number of rotatable bonds is 8. The van der Waals surface area contributed by atoms with Crippen molar-refractivity contribution in [3.05, 3.63) is 0 Å². The molecule has 0 saturated carbocycles. The highest BCUT2D eigenvalue weighted by atomic mass is 16.5. The summed E-state index contributed by atoms with van der Waals surface area (Å²) in [6.45, 7) is 16.6. The predicted molar refractivity (Wildman–Crippen MR) is 80.9 cm³/mol. The molecule has 2 heteroatoms. The third-order valence-corrected chi connectivity index (χ3v) is 3.20. The minimum Gasteiger partial charge on any atom is -0.390 e. The summed E-state index contributed by atoms with van der Waals surface area (Å²) >= 11 is 0. The van der Waals surface area contributed by atoms with Crippen LogP contribution in [0.4, 0.5) is 0 Å². The predicted octanol–water partition coefficient (Wildman–Crippen LogP) is 4.65. The first kappa shape index (κ1) is 20.2. The van der Waals surface area contributed by atoms with E-state index in [4.69, 9.17) is 9.84 Å². The molecule has 0 rings (SSSR count). The lowest BCUT2D eigenvalue weighted by molar-refractivity contribution is 0.0521. The minimum absolute atomic E-state index is 0.417. The van der Waals surface area contributed by atoms with Crippen molar-refractivity contribution in [3.8, 4) is 0 Å². The second-order valence-electron chi connectivity index (χ2n) is 6.18. The largest absolute Gasteiger partial charge is 0.390 e. The molecule has 0 radical (unpaired) electrons. The Bertz CT molecular complexity index is 146. The van der Waals surface area contributed by atoms with Gasteiger partial charge in [-0.25, -0.2) is 0 Å². The summed E-state index contributed by atoms with van der Waals surface area (Å²) in [7, 11) is 0. The van der Waals surface area contributed by atoms with E-state index in [1.807, 2.05) is 20.8 Å². The Labute approximate surface area is 115 Å². The Kier molecular flexibility index (Phi) is 13.5. The monoisotopic (exact) mass is 260 g/mol. The van der Waals surface area contributed by atoms with E-state index in [2.05, 4.69) is 27.7 Å². The van der Waals surface area contributed by atoms with Crippen molar-refractivity contribution >= 4 is 0 Å². The molecule has 0 aliphatic rings. The fourth-order valence-corrected chi connectivity index (χ4v) is 0.990. The van der Waals surface area contributed by atoms with E-state index in [9.17, 15) is 0 Å². The fourth-order valence-electron chi connectivity index (χ4n) is 0.990. The maximum absolute atomic E-state index is 9.13. The molecule has 0 aromatic heterocycles. The molecule has 1 N–H and O–H groups in total. The number of aliphatic hydroxyl groups is 1. The molecule has 0 unspecified atom stereocenters. The Balaban J connectivity index is 0. The van der Waals surface area contributed by atoms with Crippen molar-refractivity contribution in [2.75, 3.05) is 13.2 Å². The molecular weight excluding hydrogens is 224 g/mol. The van der Waals surface area contributed by atoms with Crippen LogP contribution < -0.4 is 0 Å². The SMILES string of the molecule is CC(C)CCOCCC(C)C.CCC(C)(O)CC. The van der Waals surface area contributed by atoms with Crippen LogP contribution >= 0.6 is 0 Å². The molecule has 0 aliphatic carbocycles. The van der Waals surface area contributed by atoms with Gasteiger partial charge in [0.25, 0.3) is 0 Å². The zero-order chi connectivity index (χ0) is 14.6. The number of hydrogen-bond donors (Lipinski definition) is 1. The lowest BCUT2D eigenvalue weighted by Crippen LogP contribution is -2.20. The zero-order valence-corrected chi connectivity index (χ0v) is 13.8. The highest BCUT2D eigenvalue weighted by molar-refractivity contribution is 4.65. The third kappa shape index (κ3) is 18.3. The van der Waals surface area contributed by atoms with Crippen molar-refractivity contribution in [2.24, 2.45) is 11.8 Å². The third-order valence-electron chi connectivity index (χ3n) is 3.20. The molecule has 0 amide bonds. The maximum Gasteiger partial charge on any atom is 0.0614 e. The van der Waals surface area contributed by atoms with Crippen LogP contribution in [-0.4, -0.2) is 23.9 Å². The van der Waals surface area contributed by atoms with Gasteiger partial charge in [-0.05, 0) is 44.4 Å². The van der Waals surface area contributed by atoms with Gasteiger partial charge < -0.3 is 9.84 Å². The Morgan fingerprint density at radius 3 is 1.39 bits per heavy atom. The average molecular weight is 260 g/mol. The minimum atomic E-state index is -0.417. The molecule has 2 nitrogen and oxygen atoms in total. The molecule has 0 spiro atoms. The summed E-state index contributed by atoms with van der Waals surface area (Å²) in [4.78, 5) is 0. The summed E-state index contributed by atoms with van der Waals surface area (Å²) < 4.78 is 5.46. The molecule has 18 heavy (non-hydrogen) atoms. The summed E-state index contributed by atoms with van der Waals surface area (Å²) in [6, 6.07) is 0. The molecule has 0 aliphatic heterocycles. The molecule has 0 fully saturated rings. The van der Waals surface area contributed by atoms with Gasteiger partial charge in [0.1, 0.15) is 0 Å². The number of ether oxygens (including phenoxy) is 1. The van der Waals surface area contributed by atoms with Gasteiger partial charge >= 0.3 is 0 Å². The van der Waals surface area contributed by atoms with Crippen LogP contribution in [0.15, 0.2) is 0 Å². The van der Waals surface area contributed by atoms with Crippen LogP contribution in [-0.2, 0) is 4.74 Å². The average Bonchev–Trinajstić information content (AvgIpc) is 2.28. The molecule has 0 atom stereocenters. The second-order valence-corrected chi connectivity index (χ2v) is 6.18. The molecule has 0 aromatic carbocycles. The Morgan fingerprint density at radius 1 is 0.889 bits per heavy atom. The first-order chi connectivity index (χ1) is 8.25. The highest BCUT2D eigenvalue weighted by Gasteiger charge is 2.12. The maximum atomic E-state index is 9.13. The van der Waals surface area contributed by atoms with Crippen LogP contribution in [0.5, 0.6) is 0 Å². The topological polar surface area (TPSA) is 29.5 Å². The molecule has 112 valence electrons. The van der Waals surface area contributed by atoms with Gasteiger partial charge in [-0.3, -0.25) is 0 Å². The molecule has 0 aromatic rings. The lowest BCUT2D eigenvalue weighted by Gasteiger charge is -2.17. The van der Waals surface area contributed by atoms with Crippen molar-refractivity contribution in [2.45, 2.75) is 79.8 Å². The smallest absolute Gasteiger partial charge is 0.0614 e. The standard InChI is InChI=1S/C10H22O.C6H14O/c1-9(2)5-7-11-8-6-10(3)4;1-4-6(3,7)5-2/h9-10H,5-8H2,1-4H3;7H,4-5H2,1-3H3. The summed E-state index contributed by atoms with van der Waals surface area (Å²) in [5.41, 5.74) is -0.417. The van der Waals surface area contributed by atoms with Gasteiger partial charge in [-0.15, -0.1) is 0 Å². The quantitative estimate of drug-likeness (QED) is 0.644. The van der Waals surface area contributed by atoms with Gasteiger partial charge in [0.2, 0.25) is 0 Å². The van der Waals surface area contributed by atoms with Crippen molar-refractivity contribution in [3.63, 3.8) is 0 Å². The van der Waals surface area contributed by atoms with Crippen LogP contribution in [0.3, 0.4) is 0 Å². The zero-order valence-electron chi connectivity index (χ0n) is 13.8. The normalized spacial score (nSPS) is 11.7. The molecule has 0 bridgehead atoms. The highest BCUT2D eigenvalue weighted by Crippen LogP contribution is 2.11. The first-order valence-corrected chi connectivity index (χ1v) is 7.55. The molecule has 0 heterocycles. The van der Waals surface area contributed by atoms with Crippen molar-refractivity contribution < 1.29 is 9.84 Å². The Hall–Kier alpha value is -0.0800. The van der Waals surface area contributed by atoms with Gasteiger partial charge in [0, 0.05) is 13.2 Å². The van der Waals surface area contributed by atoms with Crippen LogP contribution in [0, 0.1) is 11.8 Å². The van der Waals surface area contributed by atoms with Crippen LogP contribution in [0.1, 0.15) is 74.1 Å². The summed E-state index contributed by atoms with van der Waals surface area (Å²) in [5, 5.41) is 9.13. The van der Waals surface area contributed by atoms with E-state index >= 15 is 0 Å². The summed E-state index contributed by atoms with van der Waals surface area (Å²) in [6.07, 6.45) is 4.09.